The van der Waals surface area contributed by atoms with Crippen LogP contribution in [0.15, 0.2) is 24.3 Å². The summed E-state index contributed by atoms with van der Waals surface area (Å²) in [6.07, 6.45) is 1.53. The second-order valence-corrected chi connectivity index (χ2v) is 4.34. The highest BCUT2D eigenvalue weighted by molar-refractivity contribution is 5.82. The van der Waals surface area contributed by atoms with Crippen LogP contribution < -0.4 is 0 Å². The third-order valence-corrected chi connectivity index (χ3v) is 3.70. The maximum atomic E-state index is 11.6. The molecule has 1 aromatic carbocycles. The molecule has 1 aliphatic rings. The maximum absolute atomic E-state index is 11.6. The van der Waals surface area contributed by atoms with Gasteiger partial charge < -0.3 is 5.11 Å². The van der Waals surface area contributed by atoms with E-state index >= 15 is 0 Å². The molecule has 1 aromatic rings. The van der Waals surface area contributed by atoms with Gasteiger partial charge in [0.1, 0.15) is 5.54 Å². The molecule has 0 aromatic heterocycles. The number of aryl methyl sites for hydroxylation is 1. The third-order valence-electron chi connectivity index (χ3n) is 3.70. The van der Waals surface area contributed by atoms with Crippen LogP contribution in [-0.4, -0.2) is 29.6 Å². The fourth-order valence-electron chi connectivity index (χ4n) is 2.64. The summed E-state index contributed by atoms with van der Waals surface area (Å²) >= 11 is 0. The number of carbonyl (C=O) groups is 1. The molecule has 0 amide bonds. The molecule has 0 saturated heterocycles. The number of carboxylic acids is 1. The normalized spacial score (nSPS) is 23.4. The number of hydrogen-bond donors (Lipinski definition) is 1. The second-order valence-electron chi connectivity index (χ2n) is 4.34. The highest BCUT2D eigenvalue weighted by Crippen LogP contribution is 2.41. The topological polar surface area (TPSA) is 40.5 Å². The summed E-state index contributed by atoms with van der Waals surface area (Å²) in [5.74, 6) is -0.734. The Kier molecular flexibility index (Phi) is 2.72. The van der Waals surface area contributed by atoms with E-state index in [0.29, 0.717) is 6.42 Å². The van der Waals surface area contributed by atoms with Crippen molar-refractivity contribution in [1.82, 2.24) is 4.90 Å². The second kappa shape index (κ2) is 3.91. The van der Waals surface area contributed by atoms with E-state index in [1.54, 1.807) is 0 Å². The van der Waals surface area contributed by atoms with Gasteiger partial charge in [-0.1, -0.05) is 31.2 Å². The van der Waals surface area contributed by atoms with Gasteiger partial charge in [-0.15, -0.1) is 0 Å². The molecule has 1 unspecified atom stereocenters. The van der Waals surface area contributed by atoms with Crippen LogP contribution in [0.4, 0.5) is 0 Å². The Morgan fingerprint density at radius 3 is 2.81 bits per heavy atom. The maximum Gasteiger partial charge on any atom is 0.328 e. The van der Waals surface area contributed by atoms with Crippen molar-refractivity contribution in [2.75, 3.05) is 13.6 Å². The predicted molar refractivity (Wildman–Crippen MR) is 62.4 cm³/mol. The first-order valence-electron chi connectivity index (χ1n) is 5.66. The van der Waals surface area contributed by atoms with Crippen LogP contribution in [0.5, 0.6) is 0 Å². The number of aliphatic carboxylic acids is 1. The van der Waals surface area contributed by atoms with Gasteiger partial charge >= 0.3 is 5.97 Å². The standard InChI is InChI=1S/C13H17NO2/c1-3-14(2)13(12(15)16)9-8-10-6-4-5-7-11(10)13/h4-7H,3,8-9H2,1-2H3,(H,15,16). The lowest BCUT2D eigenvalue weighted by atomic mass is 9.90. The Balaban J connectivity index is 2.56. The highest BCUT2D eigenvalue weighted by atomic mass is 16.4. The van der Waals surface area contributed by atoms with Crippen LogP contribution in [-0.2, 0) is 16.8 Å². The first-order valence-corrected chi connectivity index (χ1v) is 5.66. The van der Waals surface area contributed by atoms with E-state index < -0.39 is 11.5 Å². The van der Waals surface area contributed by atoms with Crippen molar-refractivity contribution >= 4 is 5.97 Å². The zero-order chi connectivity index (χ0) is 11.8. The molecule has 0 radical (unpaired) electrons. The quantitative estimate of drug-likeness (QED) is 0.843. The van der Waals surface area contributed by atoms with Crippen LogP contribution >= 0.6 is 0 Å². The van der Waals surface area contributed by atoms with Crippen LogP contribution in [0.2, 0.25) is 0 Å². The molecule has 3 nitrogen and oxygen atoms in total. The van der Waals surface area contributed by atoms with Crippen LogP contribution in [0.25, 0.3) is 0 Å². The van der Waals surface area contributed by atoms with Gasteiger partial charge in [0.25, 0.3) is 0 Å². The lowest BCUT2D eigenvalue weighted by Gasteiger charge is -2.35. The largest absolute Gasteiger partial charge is 0.480 e. The molecule has 0 saturated carbocycles. The molecule has 0 aliphatic heterocycles. The fraction of sp³-hybridized carbons (Fsp3) is 0.462. The summed E-state index contributed by atoms with van der Waals surface area (Å²) in [4.78, 5) is 13.6. The Hall–Kier alpha value is -1.35. The van der Waals surface area contributed by atoms with Crippen LogP contribution in [0.3, 0.4) is 0 Å². The Morgan fingerprint density at radius 2 is 2.19 bits per heavy atom. The number of likely N-dealkylation sites (N-methyl/N-ethyl adjacent to an activating group) is 1. The van der Waals surface area contributed by atoms with Gasteiger partial charge in [0.05, 0.1) is 0 Å². The Morgan fingerprint density at radius 1 is 1.50 bits per heavy atom. The van der Waals surface area contributed by atoms with E-state index in [4.69, 9.17) is 0 Å². The Labute approximate surface area is 95.7 Å². The van der Waals surface area contributed by atoms with Crippen molar-refractivity contribution in [3.8, 4) is 0 Å². The first-order chi connectivity index (χ1) is 7.63. The summed E-state index contributed by atoms with van der Waals surface area (Å²) < 4.78 is 0. The molecule has 0 fully saturated rings. The van der Waals surface area contributed by atoms with Crippen LogP contribution in [0.1, 0.15) is 24.5 Å². The third kappa shape index (κ3) is 1.35. The van der Waals surface area contributed by atoms with E-state index in [0.717, 1.165) is 18.5 Å². The lowest BCUT2D eigenvalue weighted by Crippen LogP contribution is -2.48. The lowest BCUT2D eigenvalue weighted by molar-refractivity contribution is -0.151. The first kappa shape index (κ1) is 11.1. The van der Waals surface area contributed by atoms with Crippen molar-refractivity contribution in [1.29, 1.82) is 0 Å². The highest BCUT2D eigenvalue weighted by Gasteiger charge is 2.48. The molecule has 0 heterocycles. The van der Waals surface area contributed by atoms with Gasteiger partial charge in [-0.25, -0.2) is 4.79 Å². The smallest absolute Gasteiger partial charge is 0.328 e. The van der Waals surface area contributed by atoms with E-state index in [9.17, 15) is 9.90 Å². The van der Waals surface area contributed by atoms with E-state index in [1.165, 1.54) is 5.56 Å². The molecule has 1 atom stereocenters. The van der Waals surface area contributed by atoms with Crippen molar-refractivity contribution in [2.45, 2.75) is 25.3 Å². The minimum Gasteiger partial charge on any atom is -0.480 e. The van der Waals surface area contributed by atoms with E-state index in [2.05, 4.69) is 0 Å². The van der Waals surface area contributed by atoms with Crippen molar-refractivity contribution in [3.63, 3.8) is 0 Å². The summed E-state index contributed by atoms with van der Waals surface area (Å²) in [7, 11) is 1.89. The van der Waals surface area contributed by atoms with Gasteiger partial charge in [0.2, 0.25) is 0 Å². The summed E-state index contributed by atoms with van der Waals surface area (Å²) in [6, 6.07) is 7.88. The molecular formula is C13H17NO2. The van der Waals surface area contributed by atoms with Gasteiger partial charge in [-0.3, -0.25) is 4.90 Å². The molecule has 16 heavy (non-hydrogen) atoms. The van der Waals surface area contributed by atoms with Crippen molar-refractivity contribution < 1.29 is 9.90 Å². The summed E-state index contributed by atoms with van der Waals surface area (Å²) in [5, 5.41) is 9.57. The minimum absolute atomic E-state index is 0.673. The SMILES string of the molecule is CCN(C)C1(C(=O)O)CCc2ccccc21. The number of benzene rings is 1. The molecule has 1 aliphatic carbocycles. The monoisotopic (exact) mass is 219 g/mol. The molecule has 1 N–H and O–H groups in total. The minimum atomic E-state index is -0.814. The van der Waals surface area contributed by atoms with Crippen LogP contribution in [0, 0.1) is 0 Å². The number of nitrogens with zero attached hydrogens (tertiary/aromatic N) is 1. The van der Waals surface area contributed by atoms with E-state index in [-0.39, 0.29) is 0 Å². The van der Waals surface area contributed by atoms with Gasteiger partial charge in [0.15, 0.2) is 0 Å². The van der Waals surface area contributed by atoms with Crippen molar-refractivity contribution in [3.05, 3.63) is 35.4 Å². The Bertz CT molecular complexity index is 416. The van der Waals surface area contributed by atoms with Gasteiger partial charge in [0, 0.05) is 0 Å². The molecule has 2 rings (SSSR count). The van der Waals surface area contributed by atoms with Gasteiger partial charge in [-0.2, -0.15) is 0 Å². The average molecular weight is 219 g/mol. The number of fused-ring (bicyclic) bond motifs is 1. The summed E-state index contributed by atoms with van der Waals surface area (Å²) in [6.45, 7) is 2.73. The molecular weight excluding hydrogens is 202 g/mol. The van der Waals surface area contributed by atoms with E-state index in [1.807, 2.05) is 43.1 Å². The zero-order valence-electron chi connectivity index (χ0n) is 9.73. The average Bonchev–Trinajstić information content (AvgIpc) is 2.68. The molecule has 86 valence electrons. The zero-order valence-corrected chi connectivity index (χ0v) is 9.73. The number of carboxylic acid groups (broad SMARTS) is 1. The van der Waals surface area contributed by atoms with Gasteiger partial charge in [-0.05, 0) is 37.6 Å². The fourth-order valence-corrected chi connectivity index (χ4v) is 2.64. The number of rotatable bonds is 3. The summed E-state index contributed by atoms with van der Waals surface area (Å²) in [5.41, 5.74) is 1.32. The molecule has 3 heteroatoms. The number of hydrogen-bond acceptors (Lipinski definition) is 2. The molecule has 0 bridgehead atoms. The predicted octanol–water partition coefficient (Wildman–Crippen LogP) is 1.86. The van der Waals surface area contributed by atoms with Crippen molar-refractivity contribution in [2.24, 2.45) is 0 Å². The molecule has 0 spiro atoms.